The SMILES string of the molecule is Cc1cc(CNC(=O)c2cc(-c3ccc(C(C)(C)C)cc3)n(CCN3CCOCC3)n2)ccc1OC(C)(C)C(=O)O.Cl. The molecule has 4 rings (SSSR count). The maximum absolute atomic E-state index is 13.2. The second-order valence-electron chi connectivity index (χ2n) is 12.1. The van der Waals surface area contributed by atoms with Crippen molar-refractivity contribution in [1.29, 1.82) is 0 Å². The number of halogens is 1. The van der Waals surface area contributed by atoms with Crippen LogP contribution in [0.2, 0.25) is 0 Å². The Balaban J connectivity index is 0.00000484. The zero-order chi connectivity index (χ0) is 29.8. The molecule has 0 spiro atoms. The van der Waals surface area contributed by atoms with Crippen LogP contribution < -0.4 is 10.1 Å². The number of rotatable bonds is 10. The highest BCUT2D eigenvalue weighted by atomic mass is 35.5. The molecule has 0 atom stereocenters. The molecule has 0 aliphatic carbocycles. The monoisotopic (exact) mass is 598 g/mol. The van der Waals surface area contributed by atoms with Crippen LogP contribution in [0.1, 0.15) is 61.8 Å². The number of carboxylic acids is 1. The average Bonchev–Trinajstić information content (AvgIpc) is 3.36. The topological polar surface area (TPSA) is 106 Å². The summed E-state index contributed by atoms with van der Waals surface area (Å²) in [5.41, 5.74) is 3.91. The van der Waals surface area contributed by atoms with E-state index in [0.29, 0.717) is 24.5 Å². The summed E-state index contributed by atoms with van der Waals surface area (Å²) in [6.07, 6.45) is 0. The number of carbonyl (C=O) groups excluding carboxylic acids is 1. The van der Waals surface area contributed by atoms with Crippen molar-refractivity contribution in [2.45, 2.75) is 65.6 Å². The van der Waals surface area contributed by atoms with E-state index in [-0.39, 0.29) is 23.7 Å². The third-order valence-electron chi connectivity index (χ3n) is 7.36. The van der Waals surface area contributed by atoms with Gasteiger partial charge in [0.1, 0.15) is 5.75 Å². The number of benzene rings is 2. The first-order valence-corrected chi connectivity index (χ1v) is 14.1. The number of aliphatic carboxylic acids is 1. The quantitative estimate of drug-likeness (QED) is 0.335. The second kappa shape index (κ2) is 13.7. The smallest absolute Gasteiger partial charge is 0.347 e. The summed E-state index contributed by atoms with van der Waals surface area (Å²) < 4.78 is 13.1. The number of carbonyl (C=O) groups is 2. The highest BCUT2D eigenvalue weighted by Crippen LogP contribution is 2.27. The first-order valence-electron chi connectivity index (χ1n) is 14.1. The summed E-state index contributed by atoms with van der Waals surface area (Å²) in [7, 11) is 0. The maximum atomic E-state index is 13.2. The Morgan fingerprint density at radius 2 is 1.67 bits per heavy atom. The molecule has 1 aliphatic heterocycles. The normalized spacial score (nSPS) is 14.2. The minimum Gasteiger partial charge on any atom is -0.478 e. The summed E-state index contributed by atoms with van der Waals surface area (Å²) in [5.74, 6) is -0.802. The van der Waals surface area contributed by atoms with Crippen LogP contribution in [0.3, 0.4) is 0 Å². The van der Waals surface area contributed by atoms with Gasteiger partial charge in [-0.25, -0.2) is 4.79 Å². The van der Waals surface area contributed by atoms with Gasteiger partial charge < -0.3 is 19.9 Å². The highest BCUT2D eigenvalue weighted by molar-refractivity contribution is 5.93. The van der Waals surface area contributed by atoms with Crippen molar-refractivity contribution in [3.05, 3.63) is 70.9 Å². The summed E-state index contributed by atoms with van der Waals surface area (Å²) in [4.78, 5) is 27.0. The highest BCUT2D eigenvalue weighted by Gasteiger charge is 2.30. The van der Waals surface area contributed by atoms with Gasteiger partial charge in [0, 0.05) is 26.2 Å². The number of aromatic nitrogens is 2. The molecule has 10 heteroatoms. The number of hydrogen-bond acceptors (Lipinski definition) is 6. The van der Waals surface area contributed by atoms with Crippen molar-refractivity contribution >= 4 is 24.3 Å². The second-order valence-corrected chi connectivity index (χ2v) is 12.1. The summed E-state index contributed by atoms with van der Waals surface area (Å²) in [5, 5.41) is 17.0. The van der Waals surface area contributed by atoms with E-state index in [0.717, 1.165) is 55.2 Å². The van der Waals surface area contributed by atoms with Crippen molar-refractivity contribution in [2.75, 3.05) is 32.8 Å². The number of amides is 1. The molecule has 42 heavy (non-hydrogen) atoms. The van der Waals surface area contributed by atoms with Crippen molar-refractivity contribution in [2.24, 2.45) is 0 Å². The molecule has 1 aromatic heterocycles. The van der Waals surface area contributed by atoms with Gasteiger partial charge in [0.15, 0.2) is 11.3 Å². The molecular formula is C32H43ClN4O5. The van der Waals surface area contributed by atoms with E-state index in [1.807, 2.05) is 29.8 Å². The van der Waals surface area contributed by atoms with Gasteiger partial charge in [-0.05, 0) is 60.6 Å². The average molecular weight is 599 g/mol. The number of ether oxygens (including phenoxy) is 2. The molecule has 3 aromatic rings. The fraction of sp³-hybridized carbons (Fsp3) is 0.469. The van der Waals surface area contributed by atoms with Gasteiger partial charge in [0.25, 0.3) is 5.91 Å². The molecule has 228 valence electrons. The number of morpholine rings is 1. The molecule has 1 saturated heterocycles. The molecule has 9 nitrogen and oxygen atoms in total. The van der Waals surface area contributed by atoms with Crippen molar-refractivity contribution in [1.82, 2.24) is 20.0 Å². The molecular weight excluding hydrogens is 556 g/mol. The van der Waals surface area contributed by atoms with Gasteiger partial charge >= 0.3 is 5.97 Å². The Morgan fingerprint density at radius 1 is 1.00 bits per heavy atom. The Kier molecular flexibility index (Phi) is 10.8. The van der Waals surface area contributed by atoms with E-state index in [1.165, 1.54) is 19.4 Å². The Bertz CT molecular complexity index is 1370. The largest absolute Gasteiger partial charge is 0.478 e. The predicted octanol–water partition coefficient (Wildman–Crippen LogP) is 5.08. The van der Waals surface area contributed by atoms with Crippen LogP contribution in [0, 0.1) is 6.92 Å². The van der Waals surface area contributed by atoms with E-state index in [9.17, 15) is 14.7 Å². The zero-order valence-corrected chi connectivity index (χ0v) is 26.2. The van der Waals surface area contributed by atoms with Gasteiger partial charge in [-0.3, -0.25) is 14.4 Å². The summed E-state index contributed by atoms with van der Waals surface area (Å²) in [6, 6.07) is 15.8. The lowest BCUT2D eigenvalue weighted by Crippen LogP contribution is -2.38. The van der Waals surface area contributed by atoms with Gasteiger partial charge in [-0.1, -0.05) is 57.2 Å². The van der Waals surface area contributed by atoms with Crippen LogP contribution in [0.15, 0.2) is 48.5 Å². The van der Waals surface area contributed by atoms with Crippen LogP contribution >= 0.6 is 12.4 Å². The lowest BCUT2D eigenvalue weighted by Gasteiger charge is -2.26. The van der Waals surface area contributed by atoms with E-state index >= 15 is 0 Å². The van der Waals surface area contributed by atoms with E-state index in [1.54, 1.807) is 6.07 Å². The molecule has 2 heterocycles. The Labute approximate surface area is 254 Å². The Morgan fingerprint density at radius 3 is 2.26 bits per heavy atom. The molecule has 0 saturated carbocycles. The molecule has 1 aliphatic rings. The van der Waals surface area contributed by atoms with Crippen molar-refractivity contribution in [3.8, 4) is 17.0 Å². The molecule has 0 bridgehead atoms. The fourth-order valence-corrected chi connectivity index (χ4v) is 4.66. The third kappa shape index (κ3) is 8.33. The van der Waals surface area contributed by atoms with Crippen LogP contribution in [-0.4, -0.2) is 70.1 Å². The lowest BCUT2D eigenvalue weighted by atomic mass is 9.86. The first kappa shape index (κ1) is 33.1. The molecule has 1 fully saturated rings. The van der Waals surface area contributed by atoms with Gasteiger partial charge in [0.2, 0.25) is 0 Å². The third-order valence-corrected chi connectivity index (χ3v) is 7.36. The number of carboxylic acid groups (broad SMARTS) is 1. The predicted molar refractivity (Wildman–Crippen MR) is 166 cm³/mol. The molecule has 0 radical (unpaired) electrons. The first-order chi connectivity index (χ1) is 19.3. The van der Waals surface area contributed by atoms with Gasteiger partial charge in [-0.15, -0.1) is 12.4 Å². The molecule has 1 amide bonds. The Hall–Kier alpha value is -3.40. The summed E-state index contributed by atoms with van der Waals surface area (Å²) in [6.45, 7) is 16.5. The maximum Gasteiger partial charge on any atom is 0.347 e. The van der Waals surface area contributed by atoms with E-state index in [4.69, 9.17) is 14.6 Å². The van der Waals surface area contributed by atoms with Crippen LogP contribution in [0.25, 0.3) is 11.3 Å². The number of hydrogen-bond donors (Lipinski definition) is 2. The number of aryl methyl sites for hydroxylation is 1. The zero-order valence-electron chi connectivity index (χ0n) is 25.4. The van der Waals surface area contributed by atoms with Gasteiger partial charge in [0.05, 0.1) is 25.5 Å². The number of nitrogens with zero attached hydrogens (tertiary/aromatic N) is 3. The lowest BCUT2D eigenvalue weighted by molar-refractivity contribution is -0.152. The van der Waals surface area contributed by atoms with Crippen LogP contribution in [0.5, 0.6) is 5.75 Å². The van der Waals surface area contributed by atoms with Crippen molar-refractivity contribution in [3.63, 3.8) is 0 Å². The minimum absolute atomic E-state index is 0. The molecule has 2 aromatic carbocycles. The van der Waals surface area contributed by atoms with Crippen LogP contribution in [0.4, 0.5) is 0 Å². The summed E-state index contributed by atoms with van der Waals surface area (Å²) >= 11 is 0. The van der Waals surface area contributed by atoms with Crippen LogP contribution in [-0.2, 0) is 28.0 Å². The van der Waals surface area contributed by atoms with E-state index in [2.05, 4.69) is 55.3 Å². The minimum atomic E-state index is -1.34. The molecule has 2 N–H and O–H groups in total. The van der Waals surface area contributed by atoms with E-state index < -0.39 is 11.6 Å². The molecule has 0 unspecified atom stereocenters. The van der Waals surface area contributed by atoms with Gasteiger partial charge in [-0.2, -0.15) is 5.10 Å². The number of nitrogens with one attached hydrogen (secondary N) is 1. The standard InChI is InChI=1S/C32H42N4O5.ClH/c1-22-19-23(7-12-28(22)41-32(5,6)30(38)39)21-33-29(37)26-20-27(24-8-10-25(11-9-24)31(2,3)4)36(34-26)14-13-35-15-17-40-18-16-35;/h7-12,19-20H,13-18,21H2,1-6H3,(H,33,37)(H,38,39);1H. The van der Waals surface area contributed by atoms with Crippen molar-refractivity contribution < 1.29 is 24.2 Å². The fourth-order valence-electron chi connectivity index (χ4n) is 4.66.